The van der Waals surface area contributed by atoms with Crippen molar-refractivity contribution in [2.75, 3.05) is 20.2 Å². The molecule has 0 aliphatic carbocycles. The highest BCUT2D eigenvalue weighted by atomic mass is 32.1. The van der Waals surface area contributed by atoms with Crippen LogP contribution in [0, 0.1) is 5.41 Å². The van der Waals surface area contributed by atoms with Gasteiger partial charge in [0.2, 0.25) is 5.91 Å². The van der Waals surface area contributed by atoms with Crippen LogP contribution in [0.15, 0.2) is 65.4 Å². The molecule has 0 radical (unpaired) electrons. The van der Waals surface area contributed by atoms with Crippen LogP contribution in [0.5, 0.6) is 5.75 Å². The van der Waals surface area contributed by atoms with E-state index in [-0.39, 0.29) is 11.8 Å². The summed E-state index contributed by atoms with van der Waals surface area (Å²) in [4.78, 5) is 27.1. The average molecular weight is 421 g/mol. The lowest BCUT2D eigenvalue weighted by molar-refractivity contribution is -0.126. The fraction of sp³-hybridized carbons (Fsp3) is 0.250. The van der Waals surface area contributed by atoms with Crippen LogP contribution in [-0.2, 0) is 11.2 Å². The number of nitrogens with two attached hydrogens (primary N) is 1. The van der Waals surface area contributed by atoms with Gasteiger partial charge in [0.25, 0.3) is 5.91 Å². The highest BCUT2D eigenvalue weighted by Gasteiger charge is 2.44. The number of thiophene rings is 1. The highest BCUT2D eigenvalue weighted by molar-refractivity contribution is 7.08. The Kier molecular flexibility index (Phi) is 5.59. The van der Waals surface area contributed by atoms with Crippen molar-refractivity contribution < 1.29 is 14.3 Å². The van der Waals surface area contributed by atoms with Crippen molar-refractivity contribution in [3.05, 3.63) is 76.5 Å². The lowest BCUT2D eigenvalue weighted by Gasteiger charge is -2.26. The molecule has 1 saturated heterocycles. The predicted octanol–water partition coefficient (Wildman–Crippen LogP) is 3.98. The van der Waals surface area contributed by atoms with E-state index in [0.717, 1.165) is 11.1 Å². The molecule has 6 heteroatoms. The van der Waals surface area contributed by atoms with Crippen LogP contribution in [0.25, 0.3) is 11.1 Å². The van der Waals surface area contributed by atoms with Crippen molar-refractivity contribution in [1.82, 2.24) is 4.90 Å². The number of methoxy groups -OCH3 is 1. The third-order valence-electron chi connectivity index (χ3n) is 5.83. The van der Waals surface area contributed by atoms with Gasteiger partial charge in [0.05, 0.1) is 12.5 Å². The topological polar surface area (TPSA) is 72.6 Å². The molecule has 1 aliphatic rings. The maximum Gasteiger partial charge on any atom is 0.254 e. The summed E-state index contributed by atoms with van der Waals surface area (Å²) in [5.74, 6) is 0.169. The summed E-state index contributed by atoms with van der Waals surface area (Å²) >= 11 is 1.66. The molecule has 1 aromatic heterocycles. The molecule has 30 heavy (non-hydrogen) atoms. The van der Waals surface area contributed by atoms with Crippen molar-refractivity contribution in [2.45, 2.75) is 12.8 Å². The van der Waals surface area contributed by atoms with Crippen LogP contribution < -0.4 is 10.5 Å². The maximum atomic E-state index is 13.0. The maximum absolute atomic E-state index is 13.0. The number of primary amides is 1. The average Bonchev–Trinajstić information content (AvgIpc) is 3.45. The molecule has 1 atom stereocenters. The van der Waals surface area contributed by atoms with Crippen LogP contribution >= 0.6 is 11.3 Å². The summed E-state index contributed by atoms with van der Waals surface area (Å²) in [5.41, 5.74) is 9.02. The van der Waals surface area contributed by atoms with Gasteiger partial charge in [-0.1, -0.05) is 30.3 Å². The van der Waals surface area contributed by atoms with Gasteiger partial charge >= 0.3 is 0 Å². The highest BCUT2D eigenvalue weighted by Crippen LogP contribution is 2.35. The van der Waals surface area contributed by atoms with E-state index in [9.17, 15) is 9.59 Å². The van der Waals surface area contributed by atoms with E-state index < -0.39 is 5.41 Å². The first-order valence-corrected chi connectivity index (χ1v) is 10.8. The molecule has 0 saturated carbocycles. The lowest BCUT2D eigenvalue weighted by Crippen LogP contribution is -2.42. The molecule has 5 nitrogen and oxygen atoms in total. The Balaban J connectivity index is 1.51. The van der Waals surface area contributed by atoms with E-state index in [2.05, 4.69) is 29.0 Å². The normalized spacial score (nSPS) is 18.4. The van der Waals surface area contributed by atoms with E-state index in [1.807, 2.05) is 12.1 Å². The smallest absolute Gasteiger partial charge is 0.254 e. The molecule has 154 valence electrons. The number of amides is 2. The van der Waals surface area contributed by atoms with Crippen LogP contribution in [0.2, 0.25) is 0 Å². The number of rotatable bonds is 6. The zero-order chi connectivity index (χ0) is 21.1. The van der Waals surface area contributed by atoms with Crippen molar-refractivity contribution >= 4 is 23.2 Å². The Morgan fingerprint density at radius 2 is 1.93 bits per heavy atom. The number of carbonyl (C=O) groups is 2. The molecule has 2 aromatic carbocycles. The van der Waals surface area contributed by atoms with E-state index in [1.165, 1.54) is 5.56 Å². The number of ether oxygens (including phenoxy) is 1. The third-order valence-corrected chi connectivity index (χ3v) is 6.51. The van der Waals surface area contributed by atoms with Gasteiger partial charge in [-0.2, -0.15) is 11.3 Å². The predicted molar refractivity (Wildman–Crippen MR) is 119 cm³/mol. The molecule has 4 rings (SSSR count). The van der Waals surface area contributed by atoms with E-state index >= 15 is 0 Å². The molecular formula is C24H24N2O3S. The minimum atomic E-state index is -0.752. The summed E-state index contributed by atoms with van der Waals surface area (Å²) in [6, 6.07) is 17.4. The molecule has 0 spiro atoms. The first kappa shape index (κ1) is 20.2. The van der Waals surface area contributed by atoms with E-state index in [4.69, 9.17) is 10.5 Å². The third kappa shape index (κ3) is 3.96. The summed E-state index contributed by atoms with van der Waals surface area (Å²) in [6.07, 6.45) is 1.08. The van der Waals surface area contributed by atoms with E-state index in [1.54, 1.807) is 47.6 Å². The zero-order valence-corrected chi connectivity index (χ0v) is 17.7. The van der Waals surface area contributed by atoms with Crippen LogP contribution in [0.4, 0.5) is 0 Å². The Bertz CT molecular complexity index is 1050. The molecule has 3 aromatic rings. The summed E-state index contributed by atoms with van der Waals surface area (Å²) in [6.45, 7) is 0.830. The second-order valence-electron chi connectivity index (χ2n) is 7.74. The summed E-state index contributed by atoms with van der Waals surface area (Å²) < 4.78 is 5.22. The summed E-state index contributed by atoms with van der Waals surface area (Å²) in [7, 11) is 1.57. The van der Waals surface area contributed by atoms with Gasteiger partial charge in [-0.15, -0.1) is 0 Å². The molecule has 2 amide bonds. The number of carbonyl (C=O) groups excluding carboxylic acids is 2. The molecule has 1 aliphatic heterocycles. The van der Waals surface area contributed by atoms with Crippen LogP contribution in [0.3, 0.4) is 0 Å². The van der Waals surface area contributed by atoms with Crippen molar-refractivity contribution in [3.8, 4) is 16.9 Å². The van der Waals surface area contributed by atoms with Gasteiger partial charge in [-0.05, 0) is 64.6 Å². The first-order chi connectivity index (χ1) is 14.5. The Hall–Kier alpha value is -3.12. The molecular weight excluding hydrogens is 396 g/mol. The van der Waals surface area contributed by atoms with Crippen molar-refractivity contribution in [3.63, 3.8) is 0 Å². The Morgan fingerprint density at radius 1 is 1.13 bits per heavy atom. The second-order valence-corrected chi connectivity index (χ2v) is 8.52. The molecule has 2 N–H and O–H groups in total. The molecule has 0 unspecified atom stereocenters. The molecule has 2 heterocycles. The zero-order valence-electron chi connectivity index (χ0n) is 16.8. The van der Waals surface area contributed by atoms with Gasteiger partial charge in [-0.3, -0.25) is 9.59 Å². The van der Waals surface area contributed by atoms with E-state index in [0.29, 0.717) is 37.2 Å². The Labute approximate surface area is 180 Å². The largest absolute Gasteiger partial charge is 0.497 e. The number of hydrogen-bond donors (Lipinski definition) is 1. The second kappa shape index (κ2) is 8.32. The first-order valence-electron chi connectivity index (χ1n) is 9.85. The van der Waals surface area contributed by atoms with Crippen molar-refractivity contribution in [2.24, 2.45) is 11.1 Å². The number of hydrogen-bond acceptors (Lipinski definition) is 4. The van der Waals surface area contributed by atoms with Crippen LogP contribution in [-0.4, -0.2) is 36.9 Å². The summed E-state index contributed by atoms with van der Waals surface area (Å²) in [5, 5.41) is 4.16. The number of nitrogens with zero attached hydrogens (tertiary/aromatic N) is 1. The minimum Gasteiger partial charge on any atom is -0.497 e. The fourth-order valence-corrected chi connectivity index (χ4v) is 4.72. The fourth-order valence-electron chi connectivity index (χ4n) is 4.05. The van der Waals surface area contributed by atoms with Gasteiger partial charge in [0.15, 0.2) is 0 Å². The molecule has 0 bridgehead atoms. The quantitative estimate of drug-likeness (QED) is 0.655. The van der Waals surface area contributed by atoms with Crippen molar-refractivity contribution in [1.29, 1.82) is 0 Å². The van der Waals surface area contributed by atoms with Gasteiger partial charge in [0, 0.05) is 18.7 Å². The number of benzene rings is 2. The Morgan fingerprint density at radius 3 is 2.60 bits per heavy atom. The minimum absolute atomic E-state index is 0.107. The van der Waals surface area contributed by atoms with Gasteiger partial charge in [-0.25, -0.2) is 0 Å². The standard InChI is InChI=1S/C24H24N2O3S/c1-29-21-4-2-3-19(13-21)22(27)26-11-10-24(16-26,23(25)28)14-17-5-7-18(8-6-17)20-9-12-30-15-20/h2-9,12-13,15H,10-11,14,16H2,1H3,(H2,25,28)/t24-/m0/s1. The molecule has 1 fully saturated rings. The number of likely N-dealkylation sites (tertiary alicyclic amines) is 1. The monoisotopic (exact) mass is 420 g/mol. The SMILES string of the molecule is COc1cccc(C(=O)N2CC[C@@](Cc3ccc(-c4ccsc4)cc3)(C(N)=O)C2)c1. The van der Waals surface area contributed by atoms with Crippen LogP contribution in [0.1, 0.15) is 22.3 Å². The van der Waals surface area contributed by atoms with Gasteiger partial charge < -0.3 is 15.4 Å². The van der Waals surface area contributed by atoms with Gasteiger partial charge in [0.1, 0.15) is 5.75 Å². The lowest BCUT2D eigenvalue weighted by atomic mass is 9.80.